The Morgan fingerprint density at radius 2 is 1.94 bits per heavy atom. The topological polar surface area (TPSA) is 15.3 Å². The van der Waals surface area contributed by atoms with Crippen LogP contribution in [0, 0.1) is 0 Å². The van der Waals surface area contributed by atoms with Crippen molar-refractivity contribution in [2.75, 3.05) is 31.9 Å². The Balaban J connectivity index is 2.08. The molecule has 96 valence electrons. The van der Waals surface area contributed by atoms with Gasteiger partial charge in [0.1, 0.15) is 0 Å². The van der Waals surface area contributed by atoms with Crippen LogP contribution in [0.25, 0.3) is 0 Å². The van der Waals surface area contributed by atoms with Crippen LogP contribution in [0.1, 0.15) is 19.8 Å². The van der Waals surface area contributed by atoms with E-state index in [4.69, 9.17) is 0 Å². The van der Waals surface area contributed by atoms with Gasteiger partial charge in [-0.1, -0.05) is 6.92 Å². The van der Waals surface area contributed by atoms with Gasteiger partial charge in [-0.2, -0.15) is 13.2 Å². The van der Waals surface area contributed by atoms with Crippen LogP contribution < -0.4 is 5.32 Å². The van der Waals surface area contributed by atoms with Crippen LogP contribution in [0.4, 0.5) is 13.2 Å². The zero-order valence-electron chi connectivity index (χ0n) is 9.52. The first-order valence-electron chi connectivity index (χ1n) is 5.67. The molecule has 1 saturated heterocycles. The van der Waals surface area contributed by atoms with Crippen LogP contribution in [-0.2, 0) is 0 Å². The van der Waals surface area contributed by atoms with E-state index in [1.807, 2.05) is 0 Å². The van der Waals surface area contributed by atoms with Gasteiger partial charge in [-0.3, -0.25) is 0 Å². The average molecular weight is 256 g/mol. The maximum absolute atomic E-state index is 11.9. The van der Waals surface area contributed by atoms with E-state index in [9.17, 15) is 13.2 Å². The van der Waals surface area contributed by atoms with Crippen molar-refractivity contribution >= 4 is 11.8 Å². The first-order valence-corrected chi connectivity index (χ1v) is 6.66. The van der Waals surface area contributed by atoms with Crippen molar-refractivity contribution in [2.24, 2.45) is 0 Å². The van der Waals surface area contributed by atoms with Gasteiger partial charge in [-0.15, -0.1) is 0 Å². The highest BCUT2D eigenvalue weighted by molar-refractivity contribution is 8.00. The Kier molecular flexibility index (Phi) is 5.92. The smallest absolute Gasteiger partial charge is 0.314 e. The van der Waals surface area contributed by atoms with E-state index >= 15 is 0 Å². The summed E-state index contributed by atoms with van der Waals surface area (Å²) in [6.45, 7) is 5.41. The minimum Gasteiger partial charge on any atom is -0.314 e. The summed E-state index contributed by atoms with van der Waals surface area (Å²) < 4.78 is 35.7. The molecule has 0 aliphatic carbocycles. The van der Waals surface area contributed by atoms with E-state index in [1.54, 1.807) is 0 Å². The van der Waals surface area contributed by atoms with E-state index in [0.29, 0.717) is 12.6 Å². The predicted molar refractivity (Wildman–Crippen MR) is 61.7 cm³/mol. The van der Waals surface area contributed by atoms with Gasteiger partial charge in [0.2, 0.25) is 0 Å². The fraction of sp³-hybridized carbons (Fsp3) is 1.00. The fourth-order valence-electron chi connectivity index (χ4n) is 1.94. The summed E-state index contributed by atoms with van der Waals surface area (Å²) in [5.74, 6) is 0.148. The molecule has 0 bridgehead atoms. The Bertz CT molecular complexity index is 191. The lowest BCUT2D eigenvalue weighted by atomic mass is 10.1. The molecule has 0 aromatic heterocycles. The molecule has 0 radical (unpaired) electrons. The summed E-state index contributed by atoms with van der Waals surface area (Å²) in [6.07, 6.45) is 2.09. The lowest BCUT2D eigenvalue weighted by molar-refractivity contribution is -0.0329. The quantitative estimate of drug-likeness (QED) is 0.812. The molecule has 1 N–H and O–H groups in total. The Hall–Kier alpha value is 0.0600. The molecule has 0 atom stereocenters. The number of nitrogens with zero attached hydrogens (tertiary/aromatic N) is 1. The predicted octanol–water partition coefficient (Wildman–Crippen LogP) is 2.31. The van der Waals surface area contributed by atoms with Crippen molar-refractivity contribution in [1.82, 2.24) is 10.2 Å². The van der Waals surface area contributed by atoms with Crippen LogP contribution in [0.3, 0.4) is 0 Å². The molecular formula is C10H19F3N2S. The molecule has 0 unspecified atom stereocenters. The van der Waals surface area contributed by atoms with Crippen LogP contribution in [-0.4, -0.2) is 48.4 Å². The fourth-order valence-corrected chi connectivity index (χ4v) is 2.52. The summed E-state index contributed by atoms with van der Waals surface area (Å²) in [4.78, 5) is 2.12. The number of hydrogen-bond acceptors (Lipinski definition) is 3. The maximum atomic E-state index is 11.9. The van der Waals surface area contributed by atoms with E-state index in [-0.39, 0.29) is 17.5 Å². The molecule has 16 heavy (non-hydrogen) atoms. The molecule has 1 rings (SSSR count). The molecule has 1 heterocycles. The minimum absolute atomic E-state index is 0.0810. The molecule has 1 aliphatic rings. The van der Waals surface area contributed by atoms with Gasteiger partial charge in [-0.25, -0.2) is 0 Å². The number of halogens is 3. The number of thioether (sulfide) groups is 1. The van der Waals surface area contributed by atoms with Crippen LogP contribution in [0.15, 0.2) is 0 Å². The normalized spacial score (nSPS) is 20.2. The lowest BCUT2D eigenvalue weighted by Gasteiger charge is -2.32. The monoisotopic (exact) mass is 256 g/mol. The van der Waals surface area contributed by atoms with Gasteiger partial charge in [0, 0.05) is 18.3 Å². The third-order valence-electron chi connectivity index (χ3n) is 2.75. The number of hydrogen-bond donors (Lipinski definition) is 1. The largest absolute Gasteiger partial charge is 0.441 e. The number of nitrogens with one attached hydrogen (secondary N) is 1. The van der Waals surface area contributed by atoms with Gasteiger partial charge in [-0.05, 0) is 44.2 Å². The molecular weight excluding hydrogens is 237 g/mol. The Morgan fingerprint density at radius 3 is 2.44 bits per heavy atom. The van der Waals surface area contributed by atoms with Crippen molar-refractivity contribution < 1.29 is 13.2 Å². The molecule has 0 aromatic rings. The summed E-state index contributed by atoms with van der Waals surface area (Å²) in [5.41, 5.74) is -4.08. The van der Waals surface area contributed by atoms with Gasteiger partial charge in [0.15, 0.2) is 0 Å². The minimum atomic E-state index is -4.08. The third-order valence-corrected chi connectivity index (χ3v) is 3.47. The second kappa shape index (κ2) is 6.71. The van der Waals surface area contributed by atoms with E-state index in [1.165, 1.54) is 0 Å². The number of rotatable bonds is 5. The molecule has 0 spiro atoms. The van der Waals surface area contributed by atoms with E-state index < -0.39 is 5.51 Å². The van der Waals surface area contributed by atoms with Crippen molar-refractivity contribution in [3.63, 3.8) is 0 Å². The third kappa shape index (κ3) is 5.96. The molecule has 1 aliphatic heterocycles. The molecule has 6 heteroatoms. The van der Waals surface area contributed by atoms with Crippen LogP contribution >= 0.6 is 11.8 Å². The highest BCUT2D eigenvalue weighted by Crippen LogP contribution is 2.29. The standard InChI is InChI=1S/C10H19F3N2S/c1-2-14-9-3-5-15(6-4-9)7-8-16-10(11,12)13/h9,14H,2-8H2,1H3. The van der Waals surface area contributed by atoms with Crippen molar-refractivity contribution in [3.8, 4) is 0 Å². The summed E-state index contributed by atoms with van der Waals surface area (Å²) in [6, 6.07) is 0.552. The highest BCUT2D eigenvalue weighted by atomic mass is 32.2. The zero-order chi connectivity index (χ0) is 12.0. The maximum Gasteiger partial charge on any atom is 0.441 e. The molecule has 1 fully saturated rings. The van der Waals surface area contributed by atoms with E-state index in [0.717, 1.165) is 32.5 Å². The highest BCUT2D eigenvalue weighted by Gasteiger charge is 2.28. The second-order valence-electron chi connectivity index (χ2n) is 3.97. The van der Waals surface area contributed by atoms with Crippen LogP contribution in [0.5, 0.6) is 0 Å². The van der Waals surface area contributed by atoms with Crippen LogP contribution in [0.2, 0.25) is 0 Å². The lowest BCUT2D eigenvalue weighted by Crippen LogP contribution is -2.43. The number of alkyl halides is 3. The molecule has 0 saturated carbocycles. The first kappa shape index (κ1) is 14.1. The number of piperidine rings is 1. The average Bonchev–Trinajstić information content (AvgIpc) is 2.19. The summed E-state index contributed by atoms with van der Waals surface area (Å²) in [7, 11) is 0. The van der Waals surface area contributed by atoms with Gasteiger partial charge >= 0.3 is 5.51 Å². The summed E-state index contributed by atoms with van der Waals surface area (Å²) >= 11 is 0.0810. The Morgan fingerprint density at radius 1 is 1.31 bits per heavy atom. The van der Waals surface area contributed by atoms with Crippen molar-refractivity contribution in [2.45, 2.75) is 31.3 Å². The molecule has 2 nitrogen and oxygen atoms in total. The SMILES string of the molecule is CCNC1CCN(CCSC(F)(F)F)CC1. The van der Waals surface area contributed by atoms with Gasteiger partial charge < -0.3 is 10.2 Å². The summed E-state index contributed by atoms with van der Waals surface area (Å²) in [5, 5.41) is 3.37. The molecule has 0 aromatic carbocycles. The molecule has 0 amide bonds. The number of likely N-dealkylation sites (tertiary alicyclic amines) is 1. The van der Waals surface area contributed by atoms with E-state index in [2.05, 4.69) is 17.1 Å². The Labute approximate surface area is 98.9 Å². The van der Waals surface area contributed by atoms with Gasteiger partial charge in [0.25, 0.3) is 0 Å². The zero-order valence-corrected chi connectivity index (χ0v) is 10.3. The van der Waals surface area contributed by atoms with Gasteiger partial charge in [0.05, 0.1) is 0 Å². The first-order chi connectivity index (χ1) is 7.51. The van der Waals surface area contributed by atoms with Crippen molar-refractivity contribution in [1.29, 1.82) is 0 Å². The van der Waals surface area contributed by atoms with Crippen molar-refractivity contribution in [3.05, 3.63) is 0 Å². The second-order valence-corrected chi connectivity index (χ2v) is 5.13.